The minimum atomic E-state index is -0.194. The Labute approximate surface area is 183 Å². The van der Waals surface area contributed by atoms with Crippen LogP contribution in [0.4, 0.5) is 0 Å². The standard InChI is InChI=1S/C24H30N6O/c1-28-22(7-12-26-28)23(31)29-16-24(17-29,10-11-25)30-13-8-19(9-14-30)27-21-15-20(21)18-5-3-2-4-6-18/h2-7,12,19-21,27H,8-10,13-17H2,1H3/t20-,21+/m0/s1. The van der Waals surface area contributed by atoms with Crippen molar-refractivity contribution in [1.29, 1.82) is 5.26 Å². The van der Waals surface area contributed by atoms with Crippen LogP contribution in [0, 0.1) is 11.3 Å². The first kappa shape index (κ1) is 20.2. The molecule has 0 spiro atoms. The van der Waals surface area contributed by atoms with E-state index in [0.717, 1.165) is 25.9 Å². The summed E-state index contributed by atoms with van der Waals surface area (Å²) in [5.74, 6) is 0.660. The SMILES string of the molecule is Cn1nccc1C(=O)N1CC(CC#N)(N2CCC(N[C@@H]3C[C@H]3c3ccccc3)CC2)C1. The van der Waals surface area contributed by atoms with Crippen LogP contribution in [0.5, 0.6) is 0 Å². The number of benzene rings is 1. The van der Waals surface area contributed by atoms with Gasteiger partial charge in [-0.25, -0.2) is 0 Å². The Morgan fingerprint density at radius 3 is 2.61 bits per heavy atom. The van der Waals surface area contributed by atoms with Crippen LogP contribution in [0.15, 0.2) is 42.6 Å². The number of hydrogen-bond acceptors (Lipinski definition) is 5. The van der Waals surface area contributed by atoms with Crippen molar-refractivity contribution in [2.45, 2.75) is 49.2 Å². The Balaban J connectivity index is 1.14. The van der Waals surface area contributed by atoms with Crippen molar-refractivity contribution in [3.05, 3.63) is 53.9 Å². The van der Waals surface area contributed by atoms with E-state index in [1.807, 2.05) is 4.90 Å². The highest BCUT2D eigenvalue weighted by Crippen LogP contribution is 2.42. The summed E-state index contributed by atoms with van der Waals surface area (Å²) in [5.41, 5.74) is 1.85. The van der Waals surface area contributed by atoms with Crippen LogP contribution in [0.1, 0.15) is 47.7 Å². The second-order valence-corrected chi connectivity index (χ2v) is 9.35. The van der Waals surface area contributed by atoms with E-state index in [9.17, 15) is 10.1 Å². The minimum absolute atomic E-state index is 0.00537. The van der Waals surface area contributed by atoms with Gasteiger partial charge in [-0.1, -0.05) is 30.3 Å². The van der Waals surface area contributed by atoms with Crippen LogP contribution in [0.25, 0.3) is 0 Å². The van der Waals surface area contributed by atoms with Gasteiger partial charge in [-0.2, -0.15) is 10.4 Å². The Morgan fingerprint density at radius 2 is 1.97 bits per heavy atom. The van der Waals surface area contributed by atoms with Crippen LogP contribution in [0.3, 0.4) is 0 Å². The van der Waals surface area contributed by atoms with E-state index < -0.39 is 0 Å². The fourth-order valence-electron chi connectivity index (χ4n) is 5.40. The summed E-state index contributed by atoms with van der Waals surface area (Å²) in [6.07, 6.45) is 5.55. The van der Waals surface area contributed by atoms with Crippen LogP contribution in [-0.2, 0) is 7.05 Å². The Bertz CT molecular complexity index is 965. The molecule has 7 nitrogen and oxygen atoms in total. The van der Waals surface area contributed by atoms with E-state index >= 15 is 0 Å². The van der Waals surface area contributed by atoms with Crippen molar-refractivity contribution in [3.8, 4) is 6.07 Å². The highest BCUT2D eigenvalue weighted by Gasteiger charge is 2.50. The fraction of sp³-hybridized carbons (Fsp3) is 0.542. The number of nitrogens with one attached hydrogen (secondary N) is 1. The van der Waals surface area contributed by atoms with Gasteiger partial charge in [0.2, 0.25) is 0 Å². The third kappa shape index (κ3) is 3.86. The average Bonchev–Trinajstić information content (AvgIpc) is 3.40. The number of aryl methyl sites for hydroxylation is 1. The second-order valence-electron chi connectivity index (χ2n) is 9.35. The van der Waals surface area contributed by atoms with Crippen molar-refractivity contribution in [2.75, 3.05) is 26.2 Å². The molecule has 2 saturated heterocycles. The van der Waals surface area contributed by atoms with Crippen molar-refractivity contribution >= 4 is 5.91 Å². The molecule has 3 heterocycles. The molecule has 0 unspecified atom stereocenters. The lowest BCUT2D eigenvalue weighted by atomic mass is 9.82. The topological polar surface area (TPSA) is 77.2 Å². The van der Waals surface area contributed by atoms with E-state index in [-0.39, 0.29) is 11.4 Å². The van der Waals surface area contributed by atoms with E-state index in [0.29, 0.717) is 43.2 Å². The molecule has 2 aliphatic heterocycles. The van der Waals surface area contributed by atoms with E-state index in [1.54, 1.807) is 24.0 Å². The first-order chi connectivity index (χ1) is 15.1. The lowest BCUT2D eigenvalue weighted by Gasteiger charge is -2.56. The number of hydrogen-bond donors (Lipinski definition) is 1. The van der Waals surface area contributed by atoms with Gasteiger partial charge in [0, 0.05) is 57.4 Å². The quantitative estimate of drug-likeness (QED) is 0.778. The van der Waals surface area contributed by atoms with Gasteiger partial charge in [-0.3, -0.25) is 14.4 Å². The second kappa shape index (κ2) is 8.10. The van der Waals surface area contributed by atoms with Crippen LogP contribution < -0.4 is 5.32 Å². The lowest BCUT2D eigenvalue weighted by Crippen LogP contribution is -2.72. The lowest BCUT2D eigenvalue weighted by molar-refractivity contribution is -0.0501. The molecule has 1 aliphatic carbocycles. The Hall–Kier alpha value is -2.69. The molecule has 3 aliphatic rings. The molecule has 31 heavy (non-hydrogen) atoms. The zero-order valence-corrected chi connectivity index (χ0v) is 18.1. The summed E-state index contributed by atoms with van der Waals surface area (Å²) in [6, 6.07) is 16.1. The molecule has 1 saturated carbocycles. The van der Waals surface area contributed by atoms with Crippen LogP contribution >= 0.6 is 0 Å². The van der Waals surface area contributed by atoms with E-state index in [1.165, 1.54) is 12.0 Å². The molecule has 3 fully saturated rings. The normalized spacial score (nSPS) is 25.6. The molecule has 5 rings (SSSR count). The number of likely N-dealkylation sites (tertiary alicyclic amines) is 2. The first-order valence-electron chi connectivity index (χ1n) is 11.3. The van der Waals surface area contributed by atoms with Gasteiger partial charge in [-0.15, -0.1) is 0 Å². The van der Waals surface area contributed by atoms with E-state index in [4.69, 9.17) is 0 Å². The predicted molar refractivity (Wildman–Crippen MR) is 117 cm³/mol. The van der Waals surface area contributed by atoms with Gasteiger partial charge in [0.1, 0.15) is 5.69 Å². The maximum Gasteiger partial charge on any atom is 0.272 e. The molecule has 2 atom stereocenters. The molecule has 1 N–H and O–H groups in total. The van der Waals surface area contributed by atoms with Crippen LogP contribution in [0.2, 0.25) is 0 Å². The molecular weight excluding hydrogens is 388 g/mol. The van der Waals surface area contributed by atoms with Crippen LogP contribution in [-0.4, -0.2) is 69.3 Å². The number of carbonyl (C=O) groups is 1. The summed E-state index contributed by atoms with van der Waals surface area (Å²) in [4.78, 5) is 17.1. The number of nitrogens with zero attached hydrogens (tertiary/aromatic N) is 5. The largest absolute Gasteiger partial charge is 0.333 e. The first-order valence-corrected chi connectivity index (χ1v) is 11.3. The van der Waals surface area contributed by atoms with Crippen molar-refractivity contribution in [1.82, 2.24) is 24.9 Å². The highest BCUT2D eigenvalue weighted by molar-refractivity contribution is 5.93. The average molecular weight is 419 g/mol. The van der Waals surface area contributed by atoms with Gasteiger partial charge in [-0.05, 0) is 30.9 Å². The number of amides is 1. The number of piperidine rings is 1. The van der Waals surface area contributed by atoms with Gasteiger partial charge in [0.25, 0.3) is 5.91 Å². The predicted octanol–water partition coefficient (Wildman–Crippen LogP) is 2.14. The number of carbonyl (C=O) groups excluding carboxylic acids is 1. The molecular formula is C24H30N6O. The van der Waals surface area contributed by atoms with Gasteiger partial charge < -0.3 is 10.2 Å². The van der Waals surface area contributed by atoms with Gasteiger partial charge in [0.15, 0.2) is 0 Å². The maximum atomic E-state index is 12.8. The zero-order valence-electron chi connectivity index (χ0n) is 18.1. The highest BCUT2D eigenvalue weighted by atomic mass is 16.2. The third-order valence-corrected chi connectivity index (χ3v) is 7.34. The summed E-state index contributed by atoms with van der Waals surface area (Å²) >= 11 is 0. The Kier molecular flexibility index (Phi) is 5.28. The van der Waals surface area contributed by atoms with Crippen molar-refractivity contribution in [3.63, 3.8) is 0 Å². The number of aromatic nitrogens is 2. The maximum absolute atomic E-state index is 12.8. The van der Waals surface area contributed by atoms with E-state index in [2.05, 4.69) is 51.7 Å². The third-order valence-electron chi connectivity index (χ3n) is 7.34. The number of rotatable bonds is 6. The molecule has 1 aromatic heterocycles. The van der Waals surface area contributed by atoms with Gasteiger partial charge in [0.05, 0.1) is 18.0 Å². The number of nitriles is 1. The fourth-order valence-corrected chi connectivity index (χ4v) is 5.40. The molecule has 162 valence electrons. The molecule has 7 heteroatoms. The van der Waals surface area contributed by atoms with Crippen molar-refractivity contribution in [2.24, 2.45) is 7.05 Å². The molecule has 1 amide bonds. The molecule has 1 aromatic carbocycles. The smallest absolute Gasteiger partial charge is 0.272 e. The molecule has 0 bridgehead atoms. The van der Waals surface area contributed by atoms with Gasteiger partial charge >= 0.3 is 0 Å². The summed E-state index contributed by atoms with van der Waals surface area (Å²) in [6.45, 7) is 3.22. The molecule has 2 aromatic rings. The monoisotopic (exact) mass is 418 g/mol. The Morgan fingerprint density at radius 1 is 1.23 bits per heavy atom. The van der Waals surface area contributed by atoms with Crippen molar-refractivity contribution < 1.29 is 4.79 Å². The molecule has 0 radical (unpaired) electrons. The summed E-state index contributed by atoms with van der Waals surface area (Å²) in [7, 11) is 1.79. The minimum Gasteiger partial charge on any atom is -0.333 e. The summed E-state index contributed by atoms with van der Waals surface area (Å²) < 4.78 is 1.62. The zero-order chi connectivity index (χ0) is 21.4. The summed E-state index contributed by atoms with van der Waals surface area (Å²) in [5, 5.41) is 17.4.